The maximum atomic E-state index is 13.7. The van der Waals surface area contributed by atoms with Crippen LogP contribution in [0.25, 0.3) is 0 Å². The molecule has 0 amide bonds. The molecule has 0 aromatic heterocycles. The van der Waals surface area contributed by atoms with Crippen molar-refractivity contribution in [2.75, 3.05) is 11.9 Å². The highest BCUT2D eigenvalue weighted by molar-refractivity contribution is 5.62. The van der Waals surface area contributed by atoms with Crippen LogP contribution in [0, 0.1) is 33.6 Å². The summed E-state index contributed by atoms with van der Waals surface area (Å²) in [5, 5.41) is 13.5. The largest absolute Gasteiger partial charge is 0.377 e. The Kier molecular flexibility index (Phi) is 3.97. The molecule has 1 aliphatic rings. The normalized spacial score (nSPS) is 22.5. The van der Waals surface area contributed by atoms with Crippen molar-refractivity contribution in [1.29, 1.82) is 0 Å². The fraction of sp³-hybridized carbons (Fsp3) is 0.538. The molecule has 104 valence electrons. The first-order valence-electron chi connectivity index (χ1n) is 6.37. The Morgan fingerprint density at radius 3 is 2.74 bits per heavy atom. The van der Waals surface area contributed by atoms with Crippen molar-refractivity contribution in [1.82, 2.24) is 0 Å². The average molecular weight is 270 g/mol. The van der Waals surface area contributed by atoms with Crippen LogP contribution in [0.15, 0.2) is 12.1 Å². The number of hydrogen-bond acceptors (Lipinski definition) is 3. The smallest absolute Gasteiger partial charge is 0.295 e. The van der Waals surface area contributed by atoms with E-state index in [1.54, 1.807) is 0 Å². The van der Waals surface area contributed by atoms with Gasteiger partial charge in [-0.1, -0.05) is 19.8 Å². The molecular formula is C13H16F2N2O2. The Bertz CT molecular complexity index is 494. The number of nitrogens with zero attached hydrogens (tertiary/aromatic N) is 1. The van der Waals surface area contributed by atoms with E-state index in [1.807, 2.05) is 0 Å². The third-order valence-corrected chi connectivity index (χ3v) is 3.85. The molecule has 1 aliphatic carbocycles. The summed E-state index contributed by atoms with van der Waals surface area (Å²) in [6.45, 7) is 2.54. The lowest BCUT2D eigenvalue weighted by Gasteiger charge is -2.17. The molecule has 0 radical (unpaired) electrons. The van der Waals surface area contributed by atoms with Crippen LogP contribution in [0.1, 0.15) is 26.2 Å². The lowest BCUT2D eigenvalue weighted by Crippen LogP contribution is -2.18. The SMILES string of the molecule is CC1CCCC1CNc1c([N+](=O)[O-])ccc(F)c1F. The van der Waals surface area contributed by atoms with Crippen LogP contribution in [-0.4, -0.2) is 11.5 Å². The zero-order valence-electron chi connectivity index (χ0n) is 10.7. The molecule has 2 atom stereocenters. The summed E-state index contributed by atoms with van der Waals surface area (Å²) in [4.78, 5) is 10.1. The molecule has 1 saturated carbocycles. The van der Waals surface area contributed by atoms with E-state index in [0.29, 0.717) is 18.4 Å². The third-order valence-electron chi connectivity index (χ3n) is 3.85. The fourth-order valence-electron chi connectivity index (χ4n) is 2.62. The summed E-state index contributed by atoms with van der Waals surface area (Å²) in [5.74, 6) is -1.40. The molecule has 6 heteroatoms. The van der Waals surface area contributed by atoms with E-state index < -0.39 is 22.2 Å². The maximum Gasteiger partial charge on any atom is 0.295 e. The Hall–Kier alpha value is -1.72. The predicted octanol–water partition coefficient (Wildman–Crippen LogP) is 3.72. The molecule has 2 unspecified atom stereocenters. The Labute approximate surface area is 110 Å². The van der Waals surface area contributed by atoms with E-state index in [1.165, 1.54) is 0 Å². The minimum Gasteiger partial charge on any atom is -0.377 e. The summed E-state index contributed by atoms with van der Waals surface area (Å²) in [6, 6.07) is 1.76. The molecule has 2 rings (SSSR count). The Morgan fingerprint density at radius 1 is 1.42 bits per heavy atom. The second-order valence-electron chi connectivity index (χ2n) is 5.06. The number of rotatable bonds is 4. The molecule has 0 bridgehead atoms. The van der Waals surface area contributed by atoms with Gasteiger partial charge in [0.05, 0.1) is 4.92 Å². The number of nitro groups is 1. The number of nitrogens with one attached hydrogen (secondary N) is 1. The van der Waals surface area contributed by atoms with E-state index in [4.69, 9.17) is 0 Å². The van der Waals surface area contributed by atoms with Gasteiger partial charge >= 0.3 is 0 Å². The first-order chi connectivity index (χ1) is 9.00. The van der Waals surface area contributed by atoms with Crippen molar-refractivity contribution in [3.63, 3.8) is 0 Å². The van der Waals surface area contributed by atoms with Gasteiger partial charge in [-0.25, -0.2) is 8.78 Å². The first kappa shape index (κ1) is 13.7. The van der Waals surface area contributed by atoms with Crippen LogP contribution < -0.4 is 5.32 Å². The van der Waals surface area contributed by atoms with E-state index in [-0.39, 0.29) is 5.69 Å². The van der Waals surface area contributed by atoms with Crippen molar-refractivity contribution in [2.24, 2.45) is 11.8 Å². The fourth-order valence-corrected chi connectivity index (χ4v) is 2.62. The van der Waals surface area contributed by atoms with Gasteiger partial charge in [-0.2, -0.15) is 0 Å². The van der Waals surface area contributed by atoms with Crippen LogP contribution in [0.2, 0.25) is 0 Å². The van der Waals surface area contributed by atoms with E-state index in [0.717, 1.165) is 31.4 Å². The van der Waals surface area contributed by atoms with Crippen molar-refractivity contribution < 1.29 is 13.7 Å². The van der Waals surface area contributed by atoms with Gasteiger partial charge in [-0.15, -0.1) is 0 Å². The summed E-state index contributed by atoms with van der Waals surface area (Å²) in [5.41, 5.74) is -0.770. The molecule has 0 saturated heterocycles. The van der Waals surface area contributed by atoms with Gasteiger partial charge in [0.15, 0.2) is 17.3 Å². The van der Waals surface area contributed by atoms with Gasteiger partial charge in [0.1, 0.15) is 0 Å². The standard InChI is InChI=1S/C13H16F2N2O2/c1-8-3-2-4-9(8)7-16-13-11(17(18)19)6-5-10(14)12(13)15/h5-6,8-9,16H,2-4,7H2,1H3. The van der Waals surface area contributed by atoms with Crippen molar-refractivity contribution in [2.45, 2.75) is 26.2 Å². The Morgan fingerprint density at radius 2 is 2.16 bits per heavy atom. The van der Waals surface area contributed by atoms with E-state index in [9.17, 15) is 18.9 Å². The van der Waals surface area contributed by atoms with E-state index >= 15 is 0 Å². The first-order valence-corrected chi connectivity index (χ1v) is 6.37. The highest BCUT2D eigenvalue weighted by Gasteiger charge is 2.26. The molecule has 4 nitrogen and oxygen atoms in total. The lowest BCUT2D eigenvalue weighted by molar-refractivity contribution is -0.384. The summed E-state index contributed by atoms with van der Waals surface area (Å²) >= 11 is 0. The van der Waals surface area contributed by atoms with Crippen LogP contribution in [0.4, 0.5) is 20.2 Å². The maximum absolute atomic E-state index is 13.7. The van der Waals surface area contributed by atoms with Gasteiger partial charge in [0, 0.05) is 12.6 Å². The molecule has 19 heavy (non-hydrogen) atoms. The van der Waals surface area contributed by atoms with Gasteiger partial charge < -0.3 is 5.32 Å². The monoisotopic (exact) mass is 270 g/mol. The molecule has 0 aliphatic heterocycles. The topological polar surface area (TPSA) is 55.2 Å². The summed E-state index contributed by atoms with van der Waals surface area (Å²) < 4.78 is 26.8. The minimum atomic E-state index is -1.18. The van der Waals surface area contributed by atoms with Crippen LogP contribution >= 0.6 is 0 Å². The minimum absolute atomic E-state index is 0.343. The van der Waals surface area contributed by atoms with Crippen molar-refractivity contribution in [3.05, 3.63) is 33.9 Å². The molecule has 0 heterocycles. The Balaban J connectivity index is 2.18. The van der Waals surface area contributed by atoms with Gasteiger partial charge in [0.2, 0.25) is 0 Å². The molecule has 0 spiro atoms. The van der Waals surface area contributed by atoms with Gasteiger partial charge in [-0.05, 0) is 24.3 Å². The molecule has 1 aromatic carbocycles. The third kappa shape index (κ3) is 2.83. The highest BCUT2D eigenvalue weighted by atomic mass is 19.2. The van der Waals surface area contributed by atoms with Crippen LogP contribution in [0.5, 0.6) is 0 Å². The second kappa shape index (κ2) is 5.50. The lowest BCUT2D eigenvalue weighted by atomic mass is 9.98. The van der Waals surface area contributed by atoms with Gasteiger partial charge in [-0.3, -0.25) is 10.1 Å². The number of hydrogen-bond donors (Lipinski definition) is 1. The predicted molar refractivity (Wildman–Crippen MR) is 68.0 cm³/mol. The number of anilines is 1. The number of halogens is 2. The molecule has 1 N–H and O–H groups in total. The zero-order valence-corrected chi connectivity index (χ0v) is 10.7. The summed E-state index contributed by atoms with van der Waals surface area (Å²) in [6.07, 6.45) is 3.24. The quantitative estimate of drug-likeness (QED) is 0.670. The second-order valence-corrected chi connectivity index (χ2v) is 5.06. The highest BCUT2D eigenvalue weighted by Crippen LogP contribution is 2.33. The number of nitro benzene ring substituents is 1. The zero-order chi connectivity index (χ0) is 14.0. The molecular weight excluding hydrogens is 254 g/mol. The van der Waals surface area contributed by atoms with Crippen molar-refractivity contribution in [3.8, 4) is 0 Å². The number of benzene rings is 1. The molecule has 1 aromatic rings. The summed E-state index contributed by atoms with van der Waals surface area (Å²) in [7, 11) is 0. The van der Waals surface area contributed by atoms with Crippen molar-refractivity contribution >= 4 is 11.4 Å². The average Bonchev–Trinajstić information content (AvgIpc) is 2.76. The van der Waals surface area contributed by atoms with E-state index in [2.05, 4.69) is 12.2 Å². The van der Waals surface area contributed by atoms with Gasteiger partial charge in [0.25, 0.3) is 5.69 Å². The van der Waals surface area contributed by atoms with Crippen LogP contribution in [-0.2, 0) is 0 Å². The molecule has 1 fully saturated rings. The van der Waals surface area contributed by atoms with Crippen LogP contribution in [0.3, 0.4) is 0 Å².